The van der Waals surface area contributed by atoms with Crippen LogP contribution in [0.1, 0.15) is 42.0 Å². The second-order valence-corrected chi connectivity index (χ2v) is 6.78. The molecule has 0 saturated heterocycles. The second-order valence-electron chi connectivity index (χ2n) is 6.78. The van der Waals surface area contributed by atoms with E-state index in [2.05, 4.69) is 64.1 Å². The maximum atomic E-state index is 6.05. The van der Waals surface area contributed by atoms with Gasteiger partial charge in [-0.15, -0.1) is 0 Å². The maximum absolute atomic E-state index is 6.05. The summed E-state index contributed by atoms with van der Waals surface area (Å²) in [5.41, 5.74) is 11.2. The Bertz CT molecular complexity index is 636. The molecule has 1 atom stereocenters. The molecule has 23 heavy (non-hydrogen) atoms. The Hall–Kier alpha value is -1.80. The Kier molecular flexibility index (Phi) is 5.84. The zero-order valence-corrected chi connectivity index (χ0v) is 14.9. The molecule has 1 unspecified atom stereocenters. The van der Waals surface area contributed by atoms with Crippen LogP contribution in [-0.4, -0.2) is 13.2 Å². The molecular formula is C21H29NO. The van der Waals surface area contributed by atoms with E-state index in [0.717, 1.165) is 25.2 Å². The lowest BCUT2D eigenvalue weighted by Gasteiger charge is -2.28. The van der Waals surface area contributed by atoms with Gasteiger partial charge in [-0.05, 0) is 61.9 Å². The molecule has 0 aliphatic rings. The fraction of sp³-hybridized carbons (Fsp3) is 0.429. The van der Waals surface area contributed by atoms with Gasteiger partial charge < -0.3 is 10.5 Å². The smallest absolute Gasteiger partial charge is 0.122 e. The Labute approximate surface area is 140 Å². The average molecular weight is 311 g/mol. The van der Waals surface area contributed by atoms with Crippen molar-refractivity contribution in [3.63, 3.8) is 0 Å². The van der Waals surface area contributed by atoms with E-state index in [0.29, 0.717) is 6.54 Å². The quantitative estimate of drug-likeness (QED) is 0.753. The number of nitrogens with two attached hydrogens (primary N) is 1. The molecule has 0 aliphatic heterocycles. The van der Waals surface area contributed by atoms with Crippen molar-refractivity contribution in [1.29, 1.82) is 0 Å². The summed E-state index contributed by atoms with van der Waals surface area (Å²) in [5, 5.41) is 0. The van der Waals surface area contributed by atoms with Gasteiger partial charge in [-0.3, -0.25) is 0 Å². The van der Waals surface area contributed by atoms with Crippen LogP contribution in [-0.2, 0) is 5.41 Å². The molecule has 0 heterocycles. The van der Waals surface area contributed by atoms with E-state index in [1.165, 1.54) is 22.3 Å². The van der Waals surface area contributed by atoms with Gasteiger partial charge in [0, 0.05) is 12.0 Å². The summed E-state index contributed by atoms with van der Waals surface area (Å²) in [6.45, 7) is 9.99. The van der Waals surface area contributed by atoms with Gasteiger partial charge in [-0.1, -0.05) is 43.3 Å². The van der Waals surface area contributed by atoms with Gasteiger partial charge in [-0.2, -0.15) is 0 Å². The largest absolute Gasteiger partial charge is 0.493 e. The van der Waals surface area contributed by atoms with E-state index in [-0.39, 0.29) is 5.41 Å². The van der Waals surface area contributed by atoms with Crippen molar-refractivity contribution < 1.29 is 4.74 Å². The Morgan fingerprint density at radius 3 is 2.26 bits per heavy atom. The van der Waals surface area contributed by atoms with Crippen LogP contribution in [0.3, 0.4) is 0 Å². The minimum atomic E-state index is 0.0167. The van der Waals surface area contributed by atoms with Crippen molar-refractivity contribution in [1.82, 2.24) is 0 Å². The van der Waals surface area contributed by atoms with Gasteiger partial charge in [0.1, 0.15) is 5.75 Å². The first-order valence-electron chi connectivity index (χ1n) is 8.42. The second kappa shape index (κ2) is 7.65. The van der Waals surface area contributed by atoms with Crippen molar-refractivity contribution in [2.24, 2.45) is 5.73 Å². The molecule has 0 aromatic heterocycles. The molecular weight excluding hydrogens is 282 g/mol. The summed E-state index contributed by atoms with van der Waals surface area (Å²) in [5.74, 6) is 1.00. The third-order valence-electron chi connectivity index (χ3n) is 4.84. The predicted molar refractivity (Wildman–Crippen MR) is 98.2 cm³/mol. The fourth-order valence-electron chi connectivity index (χ4n) is 2.94. The highest BCUT2D eigenvalue weighted by molar-refractivity contribution is 5.40. The third-order valence-corrected chi connectivity index (χ3v) is 4.84. The fourth-order valence-corrected chi connectivity index (χ4v) is 2.94. The van der Waals surface area contributed by atoms with Crippen molar-refractivity contribution in [2.75, 3.05) is 13.2 Å². The van der Waals surface area contributed by atoms with Crippen molar-refractivity contribution >= 4 is 0 Å². The topological polar surface area (TPSA) is 35.2 Å². The standard InChI is InChI=1S/C21H29NO/c1-16-13-18(3)20(14-17(16)2)23-12-8-11-21(4,15-22)19-9-6-5-7-10-19/h5-7,9-10,13-14H,8,11-12,15,22H2,1-4H3. The molecule has 2 N–H and O–H groups in total. The molecule has 0 amide bonds. The van der Waals surface area contributed by atoms with E-state index >= 15 is 0 Å². The molecule has 2 aromatic rings. The van der Waals surface area contributed by atoms with Gasteiger partial charge in [0.2, 0.25) is 0 Å². The molecule has 0 aliphatic carbocycles. The van der Waals surface area contributed by atoms with Crippen LogP contribution in [0.15, 0.2) is 42.5 Å². The highest BCUT2D eigenvalue weighted by Gasteiger charge is 2.24. The lowest BCUT2D eigenvalue weighted by molar-refractivity contribution is 0.284. The molecule has 2 nitrogen and oxygen atoms in total. The van der Waals surface area contributed by atoms with E-state index in [1.807, 2.05) is 6.07 Å². The summed E-state index contributed by atoms with van der Waals surface area (Å²) in [6.07, 6.45) is 2.02. The minimum Gasteiger partial charge on any atom is -0.493 e. The Balaban J connectivity index is 1.93. The van der Waals surface area contributed by atoms with E-state index < -0.39 is 0 Å². The molecule has 0 fully saturated rings. The number of aryl methyl sites for hydroxylation is 3. The lowest BCUT2D eigenvalue weighted by Crippen LogP contribution is -2.32. The zero-order chi connectivity index (χ0) is 16.9. The molecule has 0 radical (unpaired) electrons. The van der Waals surface area contributed by atoms with Crippen molar-refractivity contribution in [3.05, 3.63) is 64.7 Å². The van der Waals surface area contributed by atoms with E-state index in [1.54, 1.807) is 0 Å². The van der Waals surface area contributed by atoms with Crippen LogP contribution in [0.4, 0.5) is 0 Å². The number of ether oxygens (including phenoxy) is 1. The van der Waals surface area contributed by atoms with E-state index in [4.69, 9.17) is 10.5 Å². The van der Waals surface area contributed by atoms with Crippen LogP contribution < -0.4 is 10.5 Å². The van der Waals surface area contributed by atoms with Gasteiger partial charge in [0.15, 0.2) is 0 Å². The van der Waals surface area contributed by atoms with Gasteiger partial charge in [0.25, 0.3) is 0 Å². The molecule has 2 rings (SSSR count). The van der Waals surface area contributed by atoms with Gasteiger partial charge in [-0.25, -0.2) is 0 Å². The summed E-state index contributed by atoms with van der Waals surface area (Å²) < 4.78 is 6.01. The number of hydrogen-bond acceptors (Lipinski definition) is 2. The van der Waals surface area contributed by atoms with Crippen LogP contribution in [0, 0.1) is 20.8 Å². The van der Waals surface area contributed by atoms with Crippen LogP contribution in [0.5, 0.6) is 5.75 Å². The molecule has 2 aromatic carbocycles. The number of benzene rings is 2. The minimum absolute atomic E-state index is 0.0167. The Morgan fingerprint density at radius 2 is 1.61 bits per heavy atom. The highest BCUT2D eigenvalue weighted by Crippen LogP contribution is 2.28. The zero-order valence-electron chi connectivity index (χ0n) is 14.9. The maximum Gasteiger partial charge on any atom is 0.122 e. The molecule has 0 bridgehead atoms. The molecule has 124 valence electrons. The average Bonchev–Trinajstić information content (AvgIpc) is 2.56. The first kappa shape index (κ1) is 17.6. The molecule has 0 spiro atoms. The van der Waals surface area contributed by atoms with Crippen LogP contribution in [0.2, 0.25) is 0 Å². The lowest BCUT2D eigenvalue weighted by atomic mass is 9.79. The highest BCUT2D eigenvalue weighted by atomic mass is 16.5. The van der Waals surface area contributed by atoms with Gasteiger partial charge in [0.05, 0.1) is 6.61 Å². The number of rotatable bonds is 7. The summed E-state index contributed by atoms with van der Waals surface area (Å²) in [7, 11) is 0. The summed E-state index contributed by atoms with van der Waals surface area (Å²) in [6, 6.07) is 14.9. The van der Waals surface area contributed by atoms with Crippen molar-refractivity contribution in [2.45, 2.75) is 46.0 Å². The first-order valence-corrected chi connectivity index (χ1v) is 8.42. The normalized spacial score (nSPS) is 13.6. The third kappa shape index (κ3) is 4.35. The first-order chi connectivity index (χ1) is 11.0. The van der Waals surface area contributed by atoms with E-state index in [9.17, 15) is 0 Å². The van der Waals surface area contributed by atoms with Crippen LogP contribution >= 0.6 is 0 Å². The van der Waals surface area contributed by atoms with Crippen LogP contribution in [0.25, 0.3) is 0 Å². The SMILES string of the molecule is Cc1cc(C)c(OCCCC(C)(CN)c2ccccc2)cc1C. The molecule has 2 heteroatoms. The predicted octanol–water partition coefficient (Wildman–Crippen LogP) is 4.69. The molecule has 0 saturated carbocycles. The van der Waals surface area contributed by atoms with Gasteiger partial charge >= 0.3 is 0 Å². The van der Waals surface area contributed by atoms with Crippen molar-refractivity contribution in [3.8, 4) is 5.75 Å². The summed E-state index contributed by atoms with van der Waals surface area (Å²) >= 11 is 0. The Morgan fingerprint density at radius 1 is 0.957 bits per heavy atom. The monoisotopic (exact) mass is 311 g/mol. The summed E-state index contributed by atoms with van der Waals surface area (Å²) in [4.78, 5) is 0. The number of hydrogen-bond donors (Lipinski definition) is 1.